The molecule has 3 nitrogen and oxygen atoms in total. The molecule has 0 aromatic carbocycles. The van der Waals surface area contributed by atoms with Crippen LogP contribution in [0.15, 0.2) is 5.10 Å². The van der Waals surface area contributed by atoms with Gasteiger partial charge in [0.2, 0.25) is 0 Å². The van der Waals surface area contributed by atoms with E-state index in [0.29, 0.717) is 0 Å². The van der Waals surface area contributed by atoms with E-state index in [-0.39, 0.29) is 11.8 Å². The standard InChI is InChI=1S/C6H10N2O/c1-4-5(2)7-8(3)6(4)9/h4H,1-3H3/t4-/m0/s1. The van der Waals surface area contributed by atoms with Crippen LogP contribution < -0.4 is 0 Å². The molecule has 1 aliphatic heterocycles. The zero-order valence-electron chi connectivity index (χ0n) is 5.88. The highest BCUT2D eigenvalue weighted by atomic mass is 16.2. The lowest BCUT2D eigenvalue weighted by Crippen LogP contribution is -2.21. The highest BCUT2D eigenvalue weighted by Gasteiger charge is 2.25. The first-order valence-electron chi connectivity index (χ1n) is 2.95. The highest BCUT2D eigenvalue weighted by molar-refractivity contribution is 6.06. The van der Waals surface area contributed by atoms with Gasteiger partial charge in [-0.15, -0.1) is 0 Å². The van der Waals surface area contributed by atoms with E-state index in [9.17, 15) is 4.79 Å². The first-order valence-corrected chi connectivity index (χ1v) is 2.95. The maximum atomic E-state index is 10.9. The van der Waals surface area contributed by atoms with E-state index in [1.807, 2.05) is 13.8 Å². The van der Waals surface area contributed by atoms with Crippen LogP contribution in [0.5, 0.6) is 0 Å². The van der Waals surface area contributed by atoms with Crippen molar-refractivity contribution in [3.63, 3.8) is 0 Å². The number of nitrogens with zero attached hydrogens (tertiary/aromatic N) is 2. The minimum Gasteiger partial charge on any atom is -0.272 e. The third kappa shape index (κ3) is 0.823. The Balaban J connectivity index is 2.82. The second kappa shape index (κ2) is 1.83. The third-order valence-corrected chi connectivity index (χ3v) is 1.62. The number of rotatable bonds is 0. The van der Waals surface area contributed by atoms with E-state index in [1.54, 1.807) is 7.05 Å². The van der Waals surface area contributed by atoms with Crippen LogP contribution in [-0.4, -0.2) is 23.7 Å². The first kappa shape index (κ1) is 6.26. The number of hydrogen-bond donors (Lipinski definition) is 0. The molecule has 3 heteroatoms. The van der Waals surface area contributed by atoms with Crippen LogP contribution in [0.2, 0.25) is 0 Å². The average molecular weight is 126 g/mol. The molecule has 1 rings (SSSR count). The van der Waals surface area contributed by atoms with Gasteiger partial charge in [0, 0.05) is 12.8 Å². The summed E-state index contributed by atoms with van der Waals surface area (Å²) in [7, 11) is 1.68. The summed E-state index contributed by atoms with van der Waals surface area (Å²) in [5, 5.41) is 5.34. The molecule has 50 valence electrons. The number of amides is 1. The zero-order valence-corrected chi connectivity index (χ0v) is 5.88. The van der Waals surface area contributed by atoms with Crippen molar-refractivity contribution < 1.29 is 4.79 Å². The zero-order chi connectivity index (χ0) is 7.02. The maximum absolute atomic E-state index is 10.9. The molecule has 1 amide bonds. The van der Waals surface area contributed by atoms with E-state index in [2.05, 4.69) is 5.10 Å². The molecule has 0 aromatic rings. The lowest BCUT2D eigenvalue weighted by Gasteiger charge is -2.02. The van der Waals surface area contributed by atoms with Gasteiger partial charge in [0.05, 0.1) is 5.92 Å². The Bertz CT molecular complexity index is 174. The quantitative estimate of drug-likeness (QED) is 0.464. The topological polar surface area (TPSA) is 32.7 Å². The fourth-order valence-electron chi connectivity index (χ4n) is 0.831. The third-order valence-electron chi connectivity index (χ3n) is 1.62. The Morgan fingerprint density at radius 3 is 2.33 bits per heavy atom. The SMILES string of the molecule is CC1=NN(C)C(=O)[C@H]1C. The summed E-state index contributed by atoms with van der Waals surface area (Å²) in [6.45, 7) is 3.73. The van der Waals surface area contributed by atoms with E-state index < -0.39 is 0 Å². The van der Waals surface area contributed by atoms with Crippen molar-refractivity contribution in [2.24, 2.45) is 11.0 Å². The van der Waals surface area contributed by atoms with Gasteiger partial charge in [-0.25, -0.2) is 5.01 Å². The molecule has 0 fully saturated rings. The van der Waals surface area contributed by atoms with Crippen LogP contribution in [0.4, 0.5) is 0 Å². The van der Waals surface area contributed by atoms with Crippen LogP contribution >= 0.6 is 0 Å². The summed E-state index contributed by atoms with van der Waals surface area (Å²) in [6.07, 6.45) is 0. The molecule has 1 heterocycles. The molecular formula is C6H10N2O. The van der Waals surface area contributed by atoms with Crippen molar-refractivity contribution in [3.05, 3.63) is 0 Å². The summed E-state index contributed by atoms with van der Waals surface area (Å²) < 4.78 is 0. The first-order chi connectivity index (χ1) is 4.13. The second-order valence-electron chi connectivity index (χ2n) is 2.32. The van der Waals surface area contributed by atoms with Gasteiger partial charge in [-0.2, -0.15) is 5.10 Å². The molecule has 1 aliphatic rings. The van der Waals surface area contributed by atoms with Gasteiger partial charge >= 0.3 is 0 Å². The van der Waals surface area contributed by atoms with Gasteiger partial charge in [0.15, 0.2) is 0 Å². The Morgan fingerprint density at radius 1 is 1.67 bits per heavy atom. The molecular weight excluding hydrogens is 116 g/mol. The summed E-state index contributed by atoms with van der Waals surface area (Å²) >= 11 is 0. The maximum Gasteiger partial charge on any atom is 0.250 e. The van der Waals surface area contributed by atoms with Gasteiger partial charge in [0.25, 0.3) is 5.91 Å². The van der Waals surface area contributed by atoms with E-state index in [1.165, 1.54) is 5.01 Å². The van der Waals surface area contributed by atoms with Crippen molar-refractivity contribution in [2.45, 2.75) is 13.8 Å². The molecule has 1 atom stereocenters. The van der Waals surface area contributed by atoms with Gasteiger partial charge in [-0.05, 0) is 13.8 Å². The summed E-state index contributed by atoms with van der Waals surface area (Å²) in [6, 6.07) is 0. The predicted molar refractivity (Wildman–Crippen MR) is 35.0 cm³/mol. The molecule has 0 aromatic heterocycles. The van der Waals surface area contributed by atoms with E-state index >= 15 is 0 Å². The minimum atomic E-state index is -0.00463. The van der Waals surface area contributed by atoms with Crippen LogP contribution in [0.1, 0.15) is 13.8 Å². The van der Waals surface area contributed by atoms with Crippen LogP contribution in [-0.2, 0) is 4.79 Å². The van der Waals surface area contributed by atoms with Crippen molar-refractivity contribution >= 4 is 11.6 Å². The Morgan fingerprint density at radius 2 is 2.22 bits per heavy atom. The number of carbonyl (C=O) groups is 1. The Hall–Kier alpha value is -0.860. The van der Waals surface area contributed by atoms with Crippen LogP contribution in [0.3, 0.4) is 0 Å². The van der Waals surface area contributed by atoms with Gasteiger partial charge < -0.3 is 0 Å². The van der Waals surface area contributed by atoms with E-state index in [4.69, 9.17) is 0 Å². The lowest BCUT2D eigenvalue weighted by molar-refractivity contribution is -0.130. The fourth-order valence-corrected chi connectivity index (χ4v) is 0.831. The van der Waals surface area contributed by atoms with Crippen LogP contribution in [0.25, 0.3) is 0 Å². The molecule has 0 spiro atoms. The molecule has 0 unspecified atom stereocenters. The summed E-state index contributed by atoms with van der Waals surface area (Å²) in [5.74, 6) is 0.0856. The lowest BCUT2D eigenvalue weighted by atomic mass is 10.1. The van der Waals surface area contributed by atoms with Crippen molar-refractivity contribution in [1.29, 1.82) is 0 Å². The number of carbonyl (C=O) groups excluding carboxylic acids is 1. The minimum absolute atomic E-state index is 0.00463. The highest BCUT2D eigenvalue weighted by Crippen LogP contribution is 2.11. The molecule has 0 aliphatic carbocycles. The van der Waals surface area contributed by atoms with Crippen LogP contribution in [0, 0.1) is 5.92 Å². The van der Waals surface area contributed by atoms with Gasteiger partial charge in [0.1, 0.15) is 0 Å². The second-order valence-corrected chi connectivity index (χ2v) is 2.32. The fraction of sp³-hybridized carbons (Fsp3) is 0.667. The van der Waals surface area contributed by atoms with Crippen molar-refractivity contribution in [1.82, 2.24) is 5.01 Å². The Labute approximate surface area is 54.3 Å². The summed E-state index contributed by atoms with van der Waals surface area (Å²) in [5.41, 5.74) is 0.905. The molecule has 0 N–H and O–H groups in total. The molecule has 0 radical (unpaired) electrons. The van der Waals surface area contributed by atoms with Crippen molar-refractivity contribution in [3.8, 4) is 0 Å². The summed E-state index contributed by atoms with van der Waals surface area (Å²) in [4.78, 5) is 10.9. The number of hydrazone groups is 1. The predicted octanol–water partition coefficient (Wildman–Crippen LogP) is 0.470. The molecule has 0 saturated heterocycles. The number of hydrogen-bond acceptors (Lipinski definition) is 2. The molecule has 9 heavy (non-hydrogen) atoms. The average Bonchev–Trinajstić information content (AvgIpc) is 1.98. The van der Waals surface area contributed by atoms with E-state index in [0.717, 1.165) is 5.71 Å². The van der Waals surface area contributed by atoms with Gasteiger partial charge in [-0.1, -0.05) is 0 Å². The smallest absolute Gasteiger partial charge is 0.250 e. The normalized spacial score (nSPS) is 27.0. The van der Waals surface area contributed by atoms with Crippen molar-refractivity contribution in [2.75, 3.05) is 7.05 Å². The monoisotopic (exact) mass is 126 g/mol. The molecule has 0 bridgehead atoms. The largest absolute Gasteiger partial charge is 0.272 e. The van der Waals surface area contributed by atoms with Gasteiger partial charge in [-0.3, -0.25) is 4.79 Å². The molecule has 0 saturated carbocycles. The Kier molecular flexibility index (Phi) is 1.27.